The zero-order valence-corrected chi connectivity index (χ0v) is 16.8. The minimum atomic E-state index is -0.468. The van der Waals surface area contributed by atoms with Gasteiger partial charge in [0.1, 0.15) is 18.1 Å². The van der Waals surface area contributed by atoms with Crippen LogP contribution in [0.15, 0.2) is 53.0 Å². The van der Waals surface area contributed by atoms with Gasteiger partial charge in [0, 0.05) is 17.1 Å². The Kier molecular flexibility index (Phi) is 5.81. The molecule has 3 rings (SSSR count). The molecular formula is C20H19BrN2O4. The van der Waals surface area contributed by atoms with Gasteiger partial charge in [-0.3, -0.25) is 4.68 Å². The van der Waals surface area contributed by atoms with Gasteiger partial charge >= 0.3 is 5.97 Å². The fraction of sp³-hybridized carbons (Fsp3) is 0.200. The highest BCUT2D eigenvalue weighted by molar-refractivity contribution is 9.10. The van der Waals surface area contributed by atoms with E-state index in [9.17, 15) is 4.79 Å². The van der Waals surface area contributed by atoms with E-state index in [0.29, 0.717) is 6.61 Å². The van der Waals surface area contributed by atoms with Crippen LogP contribution in [0.4, 0.5) is 0 Å². The molecule has 0 aliphatic rings. The van der Waals surface area contributed by atoms with E-state index in [-0.39, 0.29) is 5.69 Å². The first-order valence-electron chi connectivity index (χ1n) is 8.20. The first kappa shape index (κ1) is 19.0. The highest BCUT2D eigenvalue weighted by Crippen LogP contribution is 2.29. The van der Waals surface area contributed by atoms with Gasteiger partial charge in [-0.1, -0.05) is 22.0 Å². The Morgan fingerprint density at radius 2 is 1.78 bits per heavy atom. The third-order valence-electron chi connectivity index (χ3n) is 4.07. The largest absolute Gasteiger partial charge is 0.497 e. The number of carbonyl (C=O) groups is 1. The second kappa shape index (κ2) is 8.26. The zero-order valence-electron chi connectivity index (χ0n) is 15.2. The number of rotatable bonds is 6. The molecule has 140 valence electrons. The van der Waals surface area contributed by atoms with Crippen molar-refractivity contribution in [1.29, 1.82) is 0 Å². The Bertz CT molecular complexity index is 951. The van der Waals surface area contributed by atoms with Crippen molar-refractivity contribution in [3.8, 4) is 22.8 Å². The first-order chi connectivity index (χ1) is 13.0. The maximum Gasteiger partial charge on any atom is 0.358 e. The normalized spacial score (nSPS) is 10.5. The van der Waals surface area contributed by atoms with Crippen molar-refractivity contribution in [3.05, 3.63) is 64.3 Å². The number of ether oxygens (including phenoxy) is 3. The Labute approximate surface area is 165 Å². The van der Waals surface area contributed by atoms with E-state index in [1.54, 1.807) is 24.9 Å². The van der Waals surface area contributed by atoms with Crippen LogP contribution >= 0.6 is 15.9 Å². The average molecular weight is 431 g/mol. The molecule has 0 N–H and O–H groups in total. The fourth-order valence-corrected chi connectivity index (χ4v) is 3.10. The van der Waals surface area contributed by atoms with Crippen LogP contribution in [0.5, 0.6) is 11.5 Å². The number of halogens is 1. The summed E-state index contributed by atoms with van der Waals surface area (Å²) in [6.45, 7) is 0.361. The molecule has 0 saturated carbocycles. The molecule has 0 aliphatic carbocycles. The summed E-state index contributed by atoms with van der Waals surface area (Å²) in [5, 5.41) is 4.23. The van der Waals surface area contributed by atoms with Crippen molar-refractivity contribution in [1.82, 2.24) is 9.78 Å². The summed E-state index contributed by atoms with van der Waals surface area (Å²) in [5.74, 6) is 1.04. The standard InChI is InChI=1S/C20H19BrN2O4/c1-23-19(11-18(22-23)20(24)26-3)17-9-4-14(21)10-13(17)12-27-16-7-5-15(25-2)6-8-16/h4-11H,12H2,1-3H3. The zero-order chi connectivity index (χ0) is 19.4. The lowest BCUT2D eigenvalue weighted by Crippen LogP contribution is -2.03. The van der Waals surface area contributed by atoms with E-state index >= 15 is 0 Å². The Hall–Kier alpha value is -2.80. The summed E-state index contributed by atoms with van der Waals surface area (Å²) >= 11 is 3.50. The number of hydrogen-bond acceptors (Lipinski definition) is 5. The Morgan fingerprint density at radius 3 is 2.44 bits per heavy atom. The highest BCUT2D eigenvalue weighted by Gasteiger charge is 2.17. The minimum Gasteiger partial charge on any atom is -0.497 e. The molecule has 0 aliphatic heterocycles. The second-order valence-electron chi connectivity index (χ2n) is 5.80. The van der Waals surface area contributed by atoms with Gasteiger partial charge < -0.3 is 14.2 Å². The second-order valence-corrected chi connectivity index (χ2v) is 6.71. The SMILES string of the molecule is COC(=O)c1cc(-c2ccc(Br)cc2COc2ccc(OC)cc2)n(C)n1. The van der Waals surface area contributed by atoms with Crippen LogP contribution in [0.2, 0.25) is 0 Å². The summed E-state index contributed by atoms with van der Waals surface area (Å²) in [7, 11) is 4.75. The number of hydrogen-bond donors (Lipinski definition) is 0. The summed E-state index contributed by atoms with van der Waals surface area (Å²) < 4.78 is 18.4. The number of benzene rings is 2. The highest BCUT2D eigenvalue weighted by atomic mass is 79.9. The average Bonchev–Trinajstić information content (AvgIpc) is 3.07. The molecule has 0 amide bonds. The summed E-state index contributed by atoms with van der Waals surface area (Å²) in [6.07, 6.45) is 0. The fourth-order valence-electron chi connectivity index (χ4n) is 2.69. The summed E-state index contributed by atoms with van der Waals surface area (Å²) in [5.41, 5.74) is 2.95. The van der Waals surface area contributed by atoms with E-state index in [2.05, 4.69) is 21.0 Å². The number of aryl methyl sites for hydroxylation is 1. The Morgan fingerprint density at radius 1 is 1.07 bits per heavy atom. The third kappa shape index (κ3) is 4.31. The molecule has 0 bridgehead atoms. The number of aromatic nitrogens is 2. The topological polar surface area (TPSA) is 62.6 Å². The van der Waals surface area contributed by atoms with Gasteiger partial charge in [-0.05, 0) is 48.0 Å². The van der Waals surface area contributed by atoms with Crippen LogP contribution in [0.3, 0.4) is 0 Å². The van der Waals surface area contributed by atoms with E-state index in [0.717, 1.165) is 32.8 Å². The molecule has 1 heterocycles. The predicted molar refractivity (Wildman–Crippen MR) is 105 cm³/mol. The molecule has 27 heavy (non-hydrogen) atoms. The number of nitrogens with zero attached hydrogens (tertiary/aromatic N) is 2. The van der Waals surface area contributed by atoms with E-state index < -0.39 is 5.97 Å². The smallest absolute Gasteiger partial charge is 0.358 e. The molecule has 0 fully saturated rings. The van der Waals surface area contributed by atoms with Gasteiger partial charge in [0.25, 0.3) is 0 Å². The van der Waals surface area contributed by atoms with E-state index in [1.807, 2.05) is 42.5 Å². The number of esters is 1. The number of carbonyl (C=O) groups excluding carboxylic acids is 1. The molecule has 0 spiro atoms. The molecular weight excluding hydrogens is 412 g/mol. The van der Waals surface area contributed by atoms with Crippen LogP contribution in [0.1, 0.15) is 16.1 Å². The quantitative estimate of drug-likeness (QED) is 0.547. The van der Waals surface area contributed by atoms with Crippen molar-refractivity contribution < 1.29 is 19.0 Å². The Balaban J connectivity index is 1.89. The van der Waals surface area contributed by atoms with Crippen LogP contribution in [0.25, 0.3) is 11.3 Å². The lowest BCUT2D eigenvalue weighted by Gasteiger charge is -2.12. The molecule has 1 aromatic heterocycles. The maximum absolute atomic E-state index is 11.8. The minimum absolute atomic E-state index is 0.264. The molecule has 0 saturated heterocycles. The lowest BCUT2D eigenvalue weighted by atomic mass is 10.0. The van der Waals surface area contributed by atoms with Gasteiger partial charge in [-0.2, -0.15) is 5.10 Å². The van der Waals surface area contributed by atoms with Gasteiger partial charge in [0.2, 0.25) is 0 Å². The molecule has 6 nitrogen and oxygen atoms in total. The van der Waals surface area contributed by atoms with Crippen LogP contribution in [-0.4, -0.2) is 30.0 Å². The van der Waals surface area contributed by atoms with E-state index in [1.165, 1.54) is 7.11 Å². The molecule has 3 aromatic rings. The van der Waals surface area contributed by atoms with Gasteiger partial charge in [0.15, 0.2) is 5.69 Å². The predicted octanol–water partition coefficient (Wildman–Crippen LogP) is 4.22. The van der Waals surface area contributed by atoms with Crippen LogP contribution in [0, 0.1) is 0 Å². The van der Waals surface area contributed by atoms with Crippen molar-refractivity contribution in [2.75, 3.05) is 14.2 Å². The number of methoxy groups -OCH3 is 2. The summed E-state index contributed by atoms with van der Waals surface area (Å²) in [4.78, 5) is 11.8. The third-order valence-corrected chi connectivity index (χ3v) is 4.56. The molecule has 7 heteroatoms. The van der Waals surface area contributed by atoms with Crippen molar-refractivity contribution in [2.24, 2.45) is 7.05 Å². The lowest BCUT2D eigenvalue weighted by molar-refractivity contribution is 0.0593. The van der Waals surface area contributed by atoms with Crippen molar-refractivity contribution in [2.45, 2.75) is 6.61 Å². The van der Waals surface area contributed by atoms with Crippen molar-refractivity contribution >= 4 is 21.9 Å². The maximum atomic E-state index is 11.8. The van der Waals surface area contributed by atoms with Gasteiger partial charge in [-0.15, -0.1) is 0 Å². The van der Waals surface area contributed by atoms with Gasteiger partial charge in [-0.25, -0.2) is 4.79 Å². The van der Waals surface area contributed by atoms with Crippen molar-refractivity contribution in [3.63, 3.8) is 0 Å². The molecule has 0 atom stereocenters. The summed E-state index contributed by atoms with van der Waals surface area (Å²) in [6, 6.07) is 15.0. The van der Waals surface area contributed by atoms with E-state index in [4.69, 9.17) is 14.2 Å². The van der Waals surface area contributed by atoms with Crippen LogP contribution < -0.4 is 9.47 Å². The van der Waals surface area contributed by atoms with Gasteiger partial charge in [0.05, 0.1) is 19.9 Å². The monoisotopic (exact) mass is 430 g/mol. The van der Waals surface area contributed by atoms with Crippen LogP contribution in [-0.2, 0) is 18.4 Å². The molecule has 2 aromatic carbocycles. The molecule has 0 unspecified atom stereocenters. The first-order valence-corrected chi connectivity index (χ1v) is 8.99. The molecule has 0 radical (unpaired) electrons.